The Balaban J connectivity index is 2.08. The minimum absolute atomic E-state index is 0.0976. The van der Waals surface area contributed by atoms with Gasteiger partial charge in [0.15, 0.2) is 0 Å². The van der Waals surface area contributed by atoms with E-state index in [-0.39, 0.29) is 18.6 Å². The Hall–Kier alpha value is -2.40. The second-order valence-electron chi connectivity index (χ2n) is 5.88. The summed E-state index contributed by atoms with van der Waals surface area (Å²) in [6.45, 7) is 4.70. The highest BCUT2D eigenvalue weighted by atomic mass is 16.3. The maximum atomic E-state index is 12.5. The van der Waals surface area contributed by atoms with Gasteiger partial charge in [0, 0.05) is 31.0 Å². The van der Waals surface area contributed by atoms with Crippen LogP contribution >= 0.6 is 0 Å². The smallest absolute Gasteiger partial charge is 0.251 e. The largest absolute Gasteiger partial charge is 0.395 e. The summed E-state index contributed by atoms with van der Waals surface area (Å²) in [5, 5.41) is 12.0. The first-order valence-electron chi connectivity index (χ1n) is 8.20. The molecule has 1 aromatic carbocycles. The van der Waals surface area contributed by atoms with Crippen LogP contribution in [-0.2, 0) is 0 Å². The van der Waals surface area contributed by atoms with Crippen LogP contribution in [0.3, 0.4) is 0 Å². The second kappa shape index (κ2) is 8.45. The van der Waals surface area contributed by atoms with E-state index in [4.69, 9.17) is 5.11 Å². The maximum Gasteiger partial charge on any atom is 0.251 e. The Morgan fingerprint density at radius 1 is 1.29 bits per heavy atom. The number of pyridine rings is 1. The molecule has 1 unspecified atom stereocenters. The number of rotatable bonds is 7. The lowest BCUT2D eigenvalue weighted by molar-refractivity contribution is 0.0934. The third kappa shape index (κ3) is 4.55. The zero-order chi connectivity index (χ0) is 17.5. The van der Waals surface area contributed by atoms with Gasteiger partial charge in [0.25, 0.3) is 5.91 Å². The Morgan fingerprint density at radius 3 is 2.58 bits per heavy atom. The van der Waals surface area contributed by atoms with Crippen molar-refractivity contribution >= 4 is 11.6 Å². The topological polar surface area (TPSA) is 65.5 Å². The van der Waals surface area contributed by atoms with Crippen molar-refractivity contribution in [2.24, 2.45) is 0 Å². The van der Waals surface area contributed by atoms with E-state index in [9.17, 15) is 4.79 Å². The van der Waals surface area contributed by atoms with Crippen molar-refractivity contribution in [2.45, 2.75) is 26.3 Å². The molecule has 5 heteroatoms. The van der Waals surface area contributed by atoms with E-state index < -0.39 is 0 Å². The van der Waals surface area contributed by atoms with Crippen LogP contribution in [0.15, 0.2) is 42.6 Å². The number of anilines is 1. The molecule has 0 aliphatic heterocycles. The highest BCUT2D eigenvalue weighted by Gasteiger charge is 2.15. The van der Waals surface area contributed by atoms with Crippen LogP contribution in [0.1, 0.15) is 41.0 Å². The molecule has 24 heavy (non-hydrogen) atoms. The first-order valence-corrected chi connectivity index (χ1v) is 8.20. The van der Waals surface area contributed by atoms with Gasteiger partial charge in [-0.15, -0.1) is 0 Å². The van der Waals surface area contributed by atoms with Gasteiger partial charge in [-0.1, -0.05) is 6.92 Å². The summed E-state index contributed by atoms with van der Waals surface area (Å²) in [5.74, 6) is -0.110. The summed E-state index contributed by atoms with van der Waals surface area (Å²) in [6, 6.07) is 11.2. The third-order valence-corrected chi connectivity index (χ3v) is 4.01. The van der Waals surface area contributed by atoms with Crippen LogP contribution in [0.4, 0.5) is 5.69 Å². The minimum Gasteiger partial charge on any atom is -0.395 e. The Labute approximate surface area is 143 Å². The van der Waals surface area contributed by atoms with Crippen molar-refractivity contribution < 1.29 is 9.90 Å². The van der Waals surface area contributed by atoms with Crippen molar-refractivity contribution in [3.63, 3.8) is 0 Å². The van der Waals surface area contributed by atoms with Crippen LogP contribution in [0.5, 0.6) is 0 Å². The summed E-state index contributed by atoms with van der Waals surface area (Å²) >= 11 is 0. The number of carbonyl (C=O) groups excluding carboxylic acids is 1. The van der Waals surface area contributed by atoms with E-state index >= 15 is 0 Å². The molecule has 0 spiro atoms. The minimum atomic E-state index is -0.110. The molecule has 0 fully saturated rings. The van der Waals surface area contributed by atoms with E-state index in [1.165, 1.54) is 0 Å². The molecule has 2 N–H and O–H groups in total. The monoisotopic (exact) mass is 327 g/mol. The first-order chi connectivity index (χ1) is 11.5. The number of nitrogens with one attached hydrogen (secondary N) is 1. The van der Waals surface area contributed by atoms with Gasteiger partial charge in [-0.2, -0.15) is 0 Å². The highest BCUT2D eigenvalue weighted by molar-refractivity contribution is 5.94. The number of aromatic nitrogens is 1. The van der Waals surface area contributed by atoms with E-state index in [1.807, 2.05) is 50.1 Å². The average molecular weight is 327 g/mol. The number of aryl methyl sites for hydroxylation is 1. The molecule has 0 aliphatic carbocycles. The summed E-state index contributed by atoms with van der Waals surface area (Å²) in [6.07, 6.45) is 2.55. The number of carbonyl (C=O) groups is 1. The number of likely N-dealkylation sites (N-methyl/N-ethyl adjacent to an activating group) is 1. The molecule has 0 saturated carbocycles. The van der Waals surface area contributed by atoms with Crippen molar-refractivity contribution in [1.29, 1.82) is 0 Å². The fourth-order valence-electron chi connectivity index (χ4n) is 2.52. The van der Waals surface area contributed by atoms with Crippen molar-refractivity contribution in [3.05, 3.63) is 59.4 Å². The SMILES string of the molecule is CCC(NC(=O)c1ccc(N(C)CCO)cc1)c1cc(C)ccn1. The summed E-state index contributed by atoms with van der Waals surface area (Å²) in [4.78, 5) is 18.8. The molecule has 2 aromatic rings. The lowest BCUT2D eigenvalue weighted by Gasteiger charge is -2.19. The van der Waals surface area contributed by atoms with Crippen LogP contribution in [0.25, 0.3) is 0 Å². The van der Waals surface area contributed by atoms with E-state index in [1.54, 1.807) is 18.3 Å². The number of benzene rings is 1. The molecule has 5 nitrogen and oxygen atoms in total. The lowest BCUT2D eigenvalue weighted by atomic mass is 10.1. The van der Waals surface area contributed by atoms with Crippen molar-refractivity contribution in [2.75, 3.05) is 25.1 Å². The van der Waals surface area contributed by atoms with Gasteiger partial charge in [-0.05, 0) is 55.3 Å². The Morgan fingerprint density at radius 2 is 2.00 bits per heavy atom. The van der Waals surface area contributed by atoms with Gasteiger partial charge in [0.2, 0.25) is 0 Å². The van der Waals surface area contributed by atoms with Crippen molar-refractivity contribution in [3.8, 4) is 0 Å². The standard InChI is InChI=1S/C19H25N3O2/c1-4-17(18-13-14(2)9-10-20-18)21-19(24)15-5-7-16(8-6-15)22(3)11-12-23/h5-10,13,17,23H,4,11-12H2,1-3H3,(H,21,24). The maximum absolute atomic E-state index is 12.5. The molecule has 0 aliphatic rings. The van der Waals surface area contributed by atoms with Crippen LogP contribution in [0.2, 0.25) is 0 Å². The fraction of sp³-hybridized carbons (Fsp3) is 0.368. The van der Waals surface area contributed by atoms with Gasteiger partial charge >= 0.3 is 0 Å². The first kappa shape index (κ1) is 17.9. The average Bonchev–Trinajstić information content (AvgIpc) is 2.59. The molecule has 1 atom stereocenters. The Bertz CT molecular complexity index is 671. The lowest BCUT2D eigenvalue weighted by Crippen LogP contribution is -2.29. The number of hydrogen-bond donors (Lipinski definition) is 2. The fourth-order valence-corrected chi connectivity index (χ4v) is 2.52. The van der Waals surface area contributed by atoms with Crippen LogP contribution in [-0.4, -0.2) is 36.2 Å². The van der Waals surface area contributed by atoms with Crippen molar-refractivity contribution in [1.82, 2.24) is 10.3 Å². The number of amides is 1. The molecular formula is C19H25N3O2. The molecular weight excluding hydrogens is 302 g/mol. The Kier molecular flexibility index (Phi) is 6.32. The van der Waals surface area contributed by atoms with Crippen LogP contribution in [0, 0.1) is 6.92 Å². The number of hydrogen-bond acceptors (Lipinski definition) is 4. The molecule has 0 radical (unpaired) electrons. The molecule has 0 bridgehead atoms. The molecule has 0 saturated heterocycles. The summed E-state index contributed by atoms with van der Waals surface area (Å²) < 4.78 is 0. The predicted molar refractivity (Wildman–Crippen MR) is 96.3 cm³/mol. The van der Waals surface area contributed by atoms with Gasteiger partial charge in [-0.25, -0.2) is 0 Å². The number of aliphatic hydroxyl groups excluding tert-OH is 1. The van der Waals surface area contributed by atoms with Gasteiger partial charge < -0.3 is 15.3 Å². The number of aliphatic hydroxyl groups is 1. The van der Waals surface area contributed by atoms with E-state index in [0.29, 0.717) is 12.1 Å². The second-order valence-corrected chi connectivity index (χ2v) is 5.88. The van der Waals surface area contributed by atoms with Gasteiger partial charge in [-0.3, -0.25) is 9.78 Å². The van der Waals surface area contributed by atoms with Gasteiger partial charge in [0.1, 0.15) is 0 Å². The predicted octanol–water partition coefficient (Wildman–Crippen LogP) is 2.70. The quantitative estimate of drug-likeness (QED) is 0.820. The third-order valence-electron chi connectivity index (χ3n) is 4.01. The van der Waals surface area contributed by atoms with E-state index in [0.717, 1.165) is 23.4 Å². The summed E-state index contributed by atoms with van der Waals surface area (Å²) in [5.41, 5.74) is 3.59. The zero-order valence-corrected chi connectivity index (χ0v) is 14.5. The molecule has 128 valence electrons. The molecule has 1 aromatic heterocycles. The molecule has 1 amide bonds. The van der Waals surface area contributed by atoms with Crippen LogP contribution < -0.4 is 10.2 Å². The molecule has 1 heterocycles. The number of nitrogens with zero attached hydrogens (tertiary/aromatic N) is 2. The summed E-state index contributed by atoms with van der Waals surface area (Å²) in [7, 11) is 1.90. The molecule has 2 rings (SSSR count). The normalized spacial score (nSPS) is 11.8. The highest BCUT2D eigenvalue weighted by Crippen LogP contribution is 2.17. The zero-order valence-electron chi connectivity index (χ0n) is 14.5. The van der Waals surface area contributed by atoms with Gasteiger partial charge in [0.05, 0.1) is 18.3 Å². The van der Waals surface area contributed by atoms with E-state index in [2.05, 4.69) is 10.3 Å².